The quantitative estimate of drug-likeness (QED) is 0.917. The van der Waals surface area contributed by atoms with Crippen molar-refractivity contribution in [1.29, 1.82) is 0 Å². The van der Waals surface area contributed by atoms with Crippen molar-refractivity contribution in [2.24, 2.45) is 0 Å². The molecule has 1 aliphatic heterocycles. The fourth-order valence-electron chi connectivity index (χ4n) is 2.13. The maximum absolute atomic E-state index is 13.1. The molecule has 6 heteroatoms. The van der Waals surface area contributed by atoms with Crippen molar-refractivity contribution in [2.45, 2.75) is 24.6 Å². The fraction of sp³-hybridized carbons (Fsp3) is 0.500. The third-order valence-corrected chi connectivity index (χ3v) is 6.21. The van der Waals surface area contributed by atoms with Crippen LogP contribution in [0.15, 0.2) is 22.7 Å². The number of sulfone groups is 1. The Balaban J connectivity index is 1.91. The molecular formula is C12H15BrFNO2S. The van der Waals surface area contributed by atoms with Gasteiger partial charge in [-0.3, -0.25) is 0 Å². The van der Waals surface area contributed by atoms with Crippen molar-refractivity contribution in [2.75, 3.05) is 12.3 Å². The summed E-state index contributed by atoms with van der Waals surface area (Å²) in [6, 6.07) is 4.48. The minimum absolute atomic E-state index is 0.287. The molecule has 1 unspecified atom stereocenters. The lowest BCUT2D eigenvalue weighted by atomic mass is 10.2. The lowest BCUT2D eigenvalue weighted by molar-refractivity contribution is 0.572. The first-order valence-corrected chi connectivity index (χ1v) is 8.36. The number of hydrogen-bond donors (Lipinski definition) is 1. The molecule has 1 fully saturated rings. The van der Waals surface area contributed by atoms with Gasteiger partial charge >= 0.3 is 0 Å². The van der Waals surface area contributed by atoms with E-state index in [0.29, 0.717) is 18.8 Å². The zero-order valence-corrected chi connectivity index (χ0v) is 12.2. The van der Waals surface area contributed by atoms with E-state index in [4.69, 9.17) is 0 Å². The molecule has 3 nitrogen and oxygen atoms in total. The van der Waals surface area contributed by atoms with E-state index in [1.165, 1.54) is 12.1 Å². The summed E-state index contributed by atoms with van der Waals surface area (Å²) in [5.74, 6) is 0.00621. The molecule has 1 aromatic carbocycles. The van der Waals surface area contributed by atoms with E-state index < -0.39 is 9.84 Å². The Morgan fingerprint density at radius 1 is 1.44 bits per heavy atom. The maximum Gasteiger partial charge on any atom is 0.154 e. The SMILES string of the molecule is O=S1(=O)CCCC1CNCc1cc(F)ccc1Br. The molecule has 1 N–H and O–H groups in total. The predicted octanol–water partition coefficient (Wildman–Crippen LogP) is 2.25. The van der Waals surface area contributed by atoms with E-state index in [2.05, 4.69) is 21.2 Å². The van der Waals surface area contributed by atoms with Crippen molar-refractivity contribution >= 4 is 25.8 Å². The summed E-state index contributed by atoms with van der Waals surface area (Å²) in [4.78, 5) is 0. The third-order valence-electron chi connectivity index (χ3n) is 3.16. The second-order valence-electron chi connectivity index (χ2n) is 4.50. The van der Waals surface area contributed by atoms with Crippen LogP contribution in [0.2, 0.25) is 0 Å². The highest BCUT2D eigenvalue weighted by molar-refractivity contribution is 9.10. The highest BCUT2D eigenvalue weighted by Gasteiger charge is 2.30. The molecule has 1 aliphatic rings. The molecule has 0 spiro atoms. The van der Waals surface area contributed by atoms with Gasteiger partial charge in [0.25, 0.3) is 0 Å². The lowest BCUT2D eigenvalue weighted by Gasteiger charge is -2.11. The Hall–Kier alpha value is -0.460. The Kier molecular flexibility index (Phi) is 4.40. The van der Waals surface area contributed by atoms with Gasteiger partial charge in [-0.2, -0.15) is 0 Å². The van der Waals surface area contributed by atoms with Crippen LogP contribution >= 0.6 is 15.9 Å². The summed E-state index contributed by atoms with van der Waals surface area (Å²) in [5.41, 5.74) is 0.797. The van der Waals surface area contributed by atoms with Crippen molar-refractivity contribution in [3.05, 3.63) is 34.1 Å². The average molecular weight is 336 g/mol. The van der Waals surface area contributed by atoms with Crippen molar-refractivity contribution in [1.82, 2.24) is 5.32 Å². The molecule has 0 bridgehead atoms. The molecule has 0 radical (unpaired) electrons. The molecule has 0 aromatic heterocycles. The first kappa shape index (κ1) is 14.0. The number of rotatable bonds is 4. The monoisotopic (exact) mass is 335 g/mol. The topological polar surface area (TPSA) is 46.2 Å². The van der Waals surface area contributed by atoms with Crippen molar-refractivity contribution in [3.8, 4) is 0 Å². The number of benzene rings is 1. The van der Waals surface area contributed by atoms with Crippen molar-refractivity contribution in [3.63, 3.8) is 0 Å². The molecule has 1 heterocycles. The van der Waals surface area contributed by atoms with Gasteiger partial charge in [-0.15, -0.1) is 0 Å². The van der Waals surface area contributed by atoms with Gasteiger partial charge in [-0.25, -0.2) is 12.8 Å². The first-order valence-electron chi connectivity index (χ1n) is 5.85. The summed E-state index contributed by atoms with van der Waals surface area (Å²) < 4.78 is 37.1. The predicted molar refractivity (Wildman–Crippen MR) is 72.6 cm³/mol. The van der Waals surface area contributed by atoms with Crippen LogP contribution in [0.4, 0.5) is 4.39 Å². The smallest absolute Gasteiger partial charge is 0.154 e. The standard InChI is InChI=1S/C12H15BrFNO2S/c13-12-4-3-10(14)6-9(12)7-15-8-11-2-1-5-18(11,16)17/h3-4,6,11,15H,1-2,5,7-8H2. The Morgan fingerprint density at radius 3 is 2.89 bits per heavy atom. The largest absolute Gasteiger partial charge is 0.311 e. The summed E-state index contributed by atoms with van der Waals surface area (Å²) in [7, 11) is -2.91. The van der Waals surface area contributed by atoms with E-state index in [1.54, 1.807) is 6.07 Å². The van der Waals surface area contributed by atoms with E-state index in [1.807, 2.05) is 0 Å². The fourth-order valence-corrected chi connectivity index (χ4v) is 4.32. The summed E-state index contributed by atoms with van der Waals surface area (Å²) in [6.07, 6.45) is 1.47. The minimum Gasteiger partial charge on any atom is -0.311 e. The molecule has 2 rings (SSSR count). The van der Waals surface area contributed by atoms with E-state index in [9.17, 15) is 12.8 Å². The van der Waals surface area contributed by atoms with Gasteiger partial charge in [-0.05, 0) is 36.6 Å². The second kappa shape index (κ2) is 5.67. The molecular weight excluding hydrogens is 321 g/mol. The van der Waals surface area contributed by atoms with Gasteiger partial charge in [0.05, 0.1) is 11.0 Å². The summed E-state index contributed by atoms with van der Waals surface area (Å²) >= 11 is 3.34. The van der Waals surface area contributed by atoms with Crippen LogP contribution in [0.3, 0.4) is 0 Å². The van der Waals surface area contributed by atoms with E-state index in [-0.39, 0.29) is 11.1 Å². The zero-order chi connectivity index (χ0) is 13.2. The molecule has 0 aliphatic carbocycles. The second-order valence-corrected chi connectivity index (χ2v) is 7.75. The number of nitrogens with one attached hydrogen (secondary N) is 1. The number of hydrogen-bond acceptors (Lipinski definition) is 3. The lowest BCUT2D eigenvalue weighted by Crippen LogP contribution is -2.30. The highest BCUT2D eigenvalue weighted by atomic mass is 79.9. The molecule has 100 valence electrons. The van der Waals surface area contributed by atoms with Crippen LogP contribution in [-0.2, 0) is 16.4 Å². The third kappa shape index (κ3) is 3.30. The van der Waals surface area contributed by atoms with Gasteiger partial charge in [-0.1, -0.05) is 15.9 Å². The molecule has 1 saturated heterocycles. The Bertz CT molecular complexity index is 533. The molecule has 1 atom stereocenters. The van der Waals surface area contributed by atoms with Gasteiger partial charge in [0.15, 0.2) is 9.84 Å². The Morgan fingerprint density at radius 2 is 2.22 bits per heavy atom. The normalized spacial score (nSPS) is 22.2. The van der Waals surface area contributed by atoms with E-state index in [0.717, 1.165) is 22.9 Å². The first-order chi connectivity index (χ1) is 8.49. The minimum atomic E-state index is -2.91. The number of halogens is 2. The van der Waals surface area contributed by atoms with Crippen LogP contribution in [-0.4, -0.2) is 26.0 Å². The molecule has 0 saturated carbocycles. The van der Waals surface area contributed by atoms with Gasteiger partial charge in [0, 0.05) is 17.6 Å². The molecule has 1 aromatic rings. The van der Waals surface area contributed by atoms with E-state index >= 15 is 0 Å². The van der Waals surface area contributed by atoms with Crippen LogP contribution in [0.25, 0.3) is 0 Å². The van der Waals surface area contributed by atoms with Crippen LogP contribution in [0, 0.1) is 5.82 Å². The van der Waals surface area contributed by atoms with Crippen LogP contribution < -0.4 is 5.32 Å². The summed E-state index contributed by atoms with van der Waals surface area (Å²) in [6.45, 7) is 0.898. The Labute approximate surface area is 115 Å². The zero-order valence-electron chi connectivity index (χ0n) is 9.83. The summed E-state index contributed by atoms with van der Waals surface area (Å²) in [5, 5.41) is 2.80. The molecule has 18 heavy (non-hydrogen) atoms. The average Bonchev–Trinajstić information content (AvgIpc) is 2.63. The van der Waals surface area contributed by atoms with Crippen LogP contribution in [0.5, 0.6) is 0 Å². The maximum atomic E-state index is 13.1. The highest BCUT2D eigenvalue weighted by Crippen LogP contribution is 2.20. The van der Waals surface area contributed by atoms with Gasteiger partial charge < -0.3 is 5.32 Å². The van der Waals surface area contributed by atoms with Crippen LogP contribution in [0.1, 0.15) is 18.4 Å². The van der Waals surface area contributed by atoms with Gasteiger partial charge in [0.2, 0.25) is 0 Å². The molecule has 0 amide bonds. The van der Waals surface area contributed by atoms with Gasteiger partial charge in [0.1, 0.15) is 5.82 Å². The van der Waals surface area contributed by atoms with Crippen molar-refractivity contribution < 1.29 is 12.8 Å².